The van der Waals surface area contributed by atoms with Gasteiger partial charge in [-0.3, -0.25) is 10.1 Å². The summed E-state index contributed by atoms with van der Waals surface area (Å²) in [6.07, 6.45) is 3.26. The molecule has 0 spiro atoms. The van der Waals surface area contributed by atoms with Gasteiger partial charge in [0.1, 0.15) is 5.69 Å². The summed E-state index contributed by atoms with van der Waals surface area (Å²) in [6.45, 7) is 3.19. The Bertz CT molecular complexity index is 756. The number of nitrogens with zero attached hydrogens (tertiary/aromatic N) is 3. The monoisotopic (exact) mass is 384 g/mol. The van der Waals surface area contributed by atoms with Crippen molar-refractivity contribution in [2.24, 2.45) is 0 Å². The molecule has 0 saturated carbocycles. The molecule has 0 aromatic heterocycles. The molecular formula is C16H24N4O5S. The molecule has 0 unspecified atom stereocenters. The van der Waals surface area contributed by atoms with Gasteiger partial charge in [0.2, 0.25) is 10.0 Å². The van der Waals surface area contributed by atoms with Crippen LogP contribution in [0.2, 0.25) is 0 Å². The predicted octanol–water partition coefficient (Wildman–Crippen LogP) is 1.27. The lowest BCUT2D eigenvalue weighted by molar-refractivity contribution is -0.383. The highest BCUT2D eigenvalue weighted by atomic mass is 32.2. The van der Waals surface area contributed by atoms with Gasteiger partial charge in [-0.1, -0.05) is 0 Å². The molecule has 2 saturated heterocycles. The number of ether oxygens (including phenoxy) is 1. The molecule has 10 heteroatoms. The number of benzene rings is 1. The Hall–Kier alpha value is -1.91. The first-order valence-electron chi connectivity index (χ1n) is 8.68. The molecule has 0 radical (unpaired) electrons. The molecular weight excluding hydrogens is 360 g/mol. The van der Waals surface area contributed by atoms with Gasteiger partial charge in [-0.2, -0.15) is 4.31 Å². The van der Waals surface area contributed by atoms with Crippen molar-refractivity contribution >= 4 is 27.1 Å². The van der Waals surface area contributed by atoms with Gasteiger partial charge < -0.3 is 15.0 Å². The number of hydrogen-bond acceptors (Lipinski definition) is 7. The Labute approximate surface area is 153 Å². The van der Waals surface area contributed by atoms with Crippen LogP contribution in [-0.4, -0.2) is 69.3 Å². The van der Waals surface area contributed by atoms with Gasteiger partial charge in [0.15, 0.2) is 0 Å². The third-order valence-electron chi connectivity index (χ3n) is 4.79. The van der Waals surface area contributed by atoms with Gasteiger partial charge in [0, 0.05) is 51.1 Å². The van der Waals surface area contributed by atoms with Crippen molar-refractivity contribution in [1.29, 1.82) is 0 Å². The van der Waals surface area contributed by atoms with Crippen LogP contribution in [0.15, 0.2) is 18.2 Å². The zero-order valence-electron chi connectivity index (χ0n) is 14.8. The molecule has 3 rings (SSSR count). The average Bonchev–Trinajstić information content (AvgIpc) is 3.12. The summed E-state index contributed by atoms with van der Waals surface area (Å²) < 4.78 is 30.3. The number of nitrogens with one attached hydrogen (secondary N) is 1. The first-order valence-corrected chi connectivity index (χ1v) is 10.5. The minimum Gasteiger partial charge on any atom is -0.377 e. The lowest BCUT2D eigenvalue weighted by atomic mass is 10.2. The van der Waals surface area contributed by atoms with Gasteiger partial charge in [-0.15, -0.1) is 0 Å². The zero-order valence-corrected chi connectivity index (χ0v) is 15.6. The van der Waals surface area contributed by atoms with Crippen molar-refractivity contribution in [2.75, 3.05) is 55.8 Å². The SMILES string of the molecule is CS(=O)(=O)N1CCN(c2ccc([N+](=O)[O-])c(NC[C@@H]3CCCO3)c2)CC1. The van der Waals surface area contributed by atoms with Crippen LogP contribution >= 0.6 is 0 Å². The van der Waals surface area contributed by atoms with Gasteiger partial charge >= 0.3 is 0 Å². The van der Waals surface area contributed by atoms with E-state index in [1.807, 2.05) is 4.90 Å². The fourth-order valence-corrected chi connectivity index (χ4v) is 4.16. The standard InChI is InChI=1S/C16H24N4O5S/c1-26(23,24)19-8-6-18(7-9-19)13-4-5-16(20(21)22)15(11-13)17-12-14-3-2-10-25-14/h4-5,11,14,17H,2-3,6-10,12H2,1H3/t14-/m0/s1. The molecule has 0 bridgehead atoms. The van der Waals surface area contributed by atoms with E-state index in [1.54, 1.807) is 12.1 Å². The lowest BCUT2D eigenvalue weighted by Gasteiger charge is -2.34. The third kappa shape index (κ3) is 4.43. The van der Waals surface area contributed by atoms with E-state index >= 15 is 0 Å². The minimum absolute atomic E-state index is 0.0292. The van der Waals surface area contributed by atoms with E-state index in [-0.39, 0.29) is 11.8 Å². The first kappa shape index (κ1) is 18.9. The van der Waals surface area contributed by atoms with Crippen molar-refractivity contribution in [1.82, 2.24) is 4.31 Å². The number of hydrogen-bond donors (Lipinski definition) is 1. The summed E-state index contributed by atoms with van der Waals surface area (Å²) in [4.78, 5) is 13.0. The summed E-state index contributed by atoms with van der Waals surface area (Å²) in [5.74, 6) is 0. The van der Waals surface area contributed by atoms with Gasteiger partial charge in [-0.05, 0) is 25.0 Å². The second-order valence-corrected chi connectivity index (χ2v) is 8.61. The number of nitro groups is 1. The minimum atomic E-state index is -3.18. The van der Waals surface area contributed by atoms with Gasteiger partial charge in [0.05, 0.1) is 17.3 Å². The summed E-state index contributed by atoms with van der Waals surface area (Å²) in [7, 11) is -3.18. The molecule has 1 aromatic carbocycles. The number of rotatable bonds is 6. The van der Waals surface area contributed by atoms with E-state index in [4.69, 9.17) is 4.74 Å². The number of piperazine rings is 1. The Morgan fingerprint density at radius 3 is 2.62 bits per heavy atom. The summed E-state index contributed by atoms with van der Waals surface area (Å²) in [5, 5.41) is 14.5. The van der Waals surface area contributed by atoms with Crippen molar-refractivity contribution in [2.45, 2.75) is 18.9 Å². The van der Waals surface area contributed by atoms with Crippen molar-refractivity contribution in [3.05, 3.63) is 28.3 Å². The maximum absolute atomic E-state index is 11.6. The van der Waals surface area contributed by atoms with Gasteiger partial charge in [0.25, 0.3) is 5.69 Å². The molecule has 2 aliphatic heterocycles. The Morgan fingerprint density at radius 2 is 2.04 bits per heavy atom. The van der Waals surface area contributed by atoms with E-state index in [0.29, 0.717) is 38.4 Å². The number of nitro benzene ring substituents is 1. The number of anilines is 2. The second-order valence-electron chi connectivity index (χ2n) is 6.62. The zero-order chi connectivity index (χ0) is 18.7. The van der Waals surface area contributed by atoms with Crippen LogP contribution in [0.4, 0.5) is 17.1 Å². The highest BCUT2D eigenvalue weighted by molar-refractivity contribution is 7.88. The Kier molecular flexibility index (Phi) is 5.64. The molecule has 2 aliphatic rings. The van der Waals surface area contributed by atoms with E-state index in [0.717, 1.165) is 25.1 Å². The predicted molar refractivity (Wildman–Crippen MR) is 99.2 cm³/mol. The number of sulfonamides is 1. The summed E-state index contributed by atoms with van der Waals surface area (Å²) >= 11 is 0. The summed E-state index contributed by atoms with van der Waals surface area (Å²) in [5.41, 5.74) is 1.34. The fourth-order valence-electron chi connectivity index (χ4n) is 3.33. The molecule has 0 aliphatic carbocycles. The highest BCUT2D eigenvalue weighted by Gasteiger charge is 2.25. The highest BCUT2D eigenvalue weighted by Crippen LogP contribution is 2.30. The first-order chi connectivity index (χ1) is 12.3. The van der Waals surface area contributed by atoms with Crippen LogP contribution < -0.4 is 10.2 Å². The van der Waals surface area contributed by atoms with E-state index in [9.17, 15) is 18.5 Å². The van der Waals surface area contributed by atoms with Crippen LogP contribution in [0.3, 0.4) is 0 Å². The van der Waals surface area contributed by atoms with Crippen LogP contribution in [0.1, 0.15) is 12.8 Å². The fraction of sp³-hybridized carbons (Fsp3) is 0.625. The quantitative estimate of drug-likeness (QED) is 0.581. The molecule has 1 aromatic rings. The van der Waals surface area contributed by atoms with Gasteiger partial charge in [-0.25, -0.2) is 8.42 Å². The summed E-state index contributed by atoms with van der Waals surface area (Å²) in [6, 6.07) is 4.98. The van der Waals surface area contributed by atoms with Crippen LogP contribution in [0.25, 0.3) is 0 Å². The van der Waals surface area contributed by atoms with Crippen molar-refractivity contribution in [3.63, 3.8) is 0 Å². The third-order valence-corrected chi connectivity index (χ3v) is 6.10. The van der Waals surface area contributed by atoms with Crippen LogP contribution in [0.5, 0.6) is 0 Å². The molecule has 26 heavy (non-hydrogen) atoms. The second kappa shape index (κ2) is 7.77. The normalized spacial score (nSPS) is 21.7. The van der Waals surface area contributed by atoms with Crippen LogP contribution in [0, 0.1) is 10.1 Å². The molecule has 0 amide bonds. The Morgan fingerprint density at radius 1 is 1.31 bits per heavy atom. The van der Waals surface area contributed by atoms with Crippen molar-refractivity contribution in [3.8, 4) is 0 Å². The van der Waals surface area contributed by atoms with Crippen LogP contribution in [-0.2, 0) is 14.8 Å². The molecule has 1 atom stereocenters. The van der Waals surface area contributed by atoms with E-state index in [1.165, 1.54) is 16.6 Å². The van der Waals surface area contributed by atoms with E-state index in [2.05, 4.69) is 5.32 Å². The maximum atomic E-state index is 11.6. The van der Waals surface area contributed by atoms with Crippen molar-refractivity contribution < 1.29 is 18.1 Å². The largest absolute Gasteiger partial charge is 0.377 e. The van der Waals surface area contributed by atoms with E-state index < -0.39 is 14.9 Å². The Balaban J connectivity index is 1.71. The maximum Gasteiger partial charge on any atom is 0.292 e. The topological polar surface area (TPSA) is 105 Å². The molecule has 144 valence electrons. The lowest BCUT2D eigenvalue weighted by Crippen LogP contribution is -2.48. The average molecular weight is 384 g/mol. The molecule has 2 fully saturated rings. The molecule has 9 nitrogen and oxygen atoms in total. The smallest absolute Gasteiger partial charge is 0.292 e. The molecule has 1 N–H and O–H groups in total. The molecule has 2 heterocycles.